The molecule has 2 heteroatoms. The van der Waals surface area contributed by atoms with E-state index >= 15 is 0 Å². The molecule has 1 aromatic carbocycles. The predicted molar refractivity (Wildman–Crippen MR) is 63.5 cm³/mol. The third-order valence-electron chi connectivity index (χ3n) is 2.74. The number of carbonyl (C=O) groups excluding carboxylic acids is 1. The molecule has 0 amide bonds. The summed E-state index contributed by atoms with van der Waals surface area (Å²) in [6.07, 6.45) is 0.569. The Morgan fingerprint density at radius 3 is 2.33 bits per heavy atom. The Morgan fingerprint density at radius 2 is 1.73 bits per heavy atom. The fraction of sp³-hybridized carbons (Fsp3) is 0.462. The van der Waals surface area contributed by atoms with Gasteiger partial charge in [0.05, 0.1) is 0 Å². The van der Waals surface area contributed by atoms with Gasteiger partial charge in [0, 0.05) is 18.5 Å². The average Bonchev–Trinajstić information content (AvgIpc) is 2.20. The molecule has 0 atom stereocenters. The molecule has 82 valence electrons. The monoisotopic (exact) mass is 205 g/mol. The van der Waals surface area contributed by atoms with E-state index in [0.717, 1.165) is 17.7 Å². The standard InChI is InChI=1S/C13H19NO/c1-9-7-11(3)12(8-10(9)2)13(15)5-6-14-4/h7-8,14H,5-6H2,1-4H3. The Balaban J connectivity index is 2.94. The van der Waals surface area contributed by atoms with E-state index in [0.29, 0.717) is 6.42 Å². The quantitative estimate of drug-likeness (QED) is 0.765. The molecule has 0 fully saturated rings. The highest BCUT2D eigenvalue weighted by Crippen LogP contribution is 2.16. The average molecular weight is 205 g/mol. The van der Waals surface area contributed by atoms with Crippen molar-refractivity contribution in [2.75, 3.05) is 13.6 Å². The summed E-state index contributed by atoms with van der Waals surface area (Å²) in [5.74, 6) is 0.227. The Kier molecular flexibility index (Phi) is 4.04. The van der Waals surface area contributed by atoms with Gasteiger partial charge in [0.25, 0.3) is 0 Å². The third kappa shape index (κ3) is 2.90. The summed E-state index contributed by atoms with van der Waals surface area (Å²) >= 11 is 0. The molecule has 0 unspecified atom stereocenters. The SMILES string of the molecule is CNCCC(=O)c1cc(C)c(C)cc1C. The van der Waals surface area contributed by atoms with Gasteiger partial charge in [-0.3, -0.25) is 4.79 Å². The van der Waals surface area contributed by atoms with Crippen LogP contribution in [0.25, 0.3) is 0 Å². The summed E-state index contributed by atoms with van der Waals surface area (Å²) in [6, 6.07) is 4.09. The molecule has 2 nitrogen and oxygen atoms in total. The minimum absolute atomic E-state index is 0.227. The van der Waals surface area contributed by atoms with Crippen LogP contribution in [-0.2, 0) is 0 Å². The van der Waals surface area contributed by atoms with Crippen LogP contribution in [0, 0.1) is 20.8 Å². The molecule has 0 heterocycles. The maximum atomic E-state index is 11.8. The molecule has 0 spiro atoms. The van der Waals surface area contributed by atoms with Gasteiger partial charge < -0.3 is 5.32 Å². The summed E-state index contributed by atoms with van der Waals surface area (Å²) in [4.78, 5) is 11.8. The lowest BCUT2D eigenvalue weighted by molar-refractivity contribution is 0.0982. The minimum atomic E-state index is 0.227. The Labute approximate surface area is 91.7 Å². The second-order valence-corrected chi connectivity index (χ2v) is 4.03. The summed E-state index contributed by atoms with van der Waals surface area (Å²) in [7, 11) is 1.86. The van der Waals surface area contributed by atoms with Crippen LogP contribution in [0.4, 0.5) is 0 Å². The Hall–Kier alpha value is -1.15. The number of Topliss-reactive ketones (excluding diaryl/α,β-unsaturated/α-hetero) is 1. The van der Waals surface area contributed by atoms with Crippen molar-refractivity contribution in [1.29, 1.82) is 0 Å². The summed E-state index contributed by atoms with van der Waals surface area (Å²) in [6.45, 7) is 6.86. The maximum Gasteiger partial charge on any atom is 0.164 e. The van der Waals surface area contributed by atoms with Crippen LogP contribution in [0.5, 0.6) is 0 Å². The van der Waals surface area contributed by atoms with Gasteiger partial charge in [0.2, 0.25) is 0 Å². The fourth-order valence-electron chi connectivity index (χ4n) is 1.63. The van der Waals surface area contributed by atoms with Gasteiger partial charge >= 0.3 is 0 Å². The van der Waals surface area contributed by atoms with Crippen LogP contribution in [0.15, 0.2) is 12.1 Å². The van der Waals surface area contributed by atoms with Crippen molar-refractivity contribution < 1.29 is 4.79 Å². The molecule has 0 aromatic heterocycles. The normalized spacial score (nSPS) is 10.4. The van der Waals surface area contributed by atoms with Crippen LogP contribution >= 0.6 is 0 Å². The van der Waals surface area contributed by atoms with Gasteiger partial charge in [0.15, 0.2) is 5.78 Å². The molecule has 15 heavy (non-hydrogen) atoms. The molecular formula is C13H19NO. The van der Waals surface area contributed by atoms with Crippen LogP contribution in [0.1, 0.15) is 33.5 Å². The van der Waals surface area contributed by atoms with Crippen molar-refractivity contribution in [1.82, 2.24) is 5.32 Å². The molecular weight excluding hydrogens is 186 g/mol. The van der Waals surface area contributed by atoms with Gasteiger partial charge in [-0.1, -0.05) is 6.07 Å². The molecule has 0 saturated heterocycles. The lowest BCUT2D eigenvalue weighted by Gasteiger charge is -2.08. The number of benzene rings is 1. The minimum Gasteiger partial charge on any atom is -0.319 e. The molecule has 0 aliphatic rings. The molecule has 0 saturated carbocycles. The Bertz CT molecular complexity index is 369. The highest BCUT2D eigenvalue weighted by Gasteiger charge is 2.09. The largest absolute Gasteiger partial charge is 0.319 e. The highest BCUT2D eigenvalue weighted by atomic mass is 16.1. The predicted octanol–water partition coefficient (Wildman–Crippen LogP) is 2.40. The molecule has 0 aliphatic carbocycles. The number of hydrogen-bond donors (Lipinski definition) is 1. The molecule has 0 aliphatic heterocycles. The third-order valence-corrected chi connectivity index (χ3v) is 2.74. The van der Waals surface area contributed by atoms with Gasteiger partial charge in [-0.2, -0.15) is 0 Å². The van der Waals surface area contributed by atoms with E-state index in [1.165, 1.54) is 11.1 Å². The van der Waals surface area contributed by atoms with Crippen molar-refractivity contribution in [2.24, 2.45) is 0 Å². The Morgan fingerprint density at radius 1 is 1.13 bits per heavy atom. The number of nitrogens with one attached hydrogen (secondary N) is 1. The number of carbonyl (C=O) groups is 1. The topological polar surface area (TPSA) is 29.1 Å². The van der Waals surface area contributed by atoms with E-state index < -0.39 is 0 Å². The van der Waals surface area contributed by atoms with Gasteiger partial charge in [-0.15, -0.1) is 0 Å². The van der Waals surface area contributed by atoms with Crippen molar-refractivity contribution in [3.8, 4) is 0 Å². The van der Waals surface area contributed by atoms with Crippen LogP contribution in [0.3, 0.4) is 0 Å². The molecule has 1 N–H and O–H groups in total. The molecule has 0 bridgehead atoms. The van der Waals surface area contributed by atoms with E-state index in [9.17, 15) is 4.79 Å². The maximum absolute atomic E-state index is 11.8. The van der Waals surface area contributed by atoms with E-state index in [2.05, 4.69) is 18.3 Å². The van der Waals surface area contributed by atoms with Gasteiger partial charge in [0.1, 0.15) is 0 Å². The first-order valence-electron chi connectivity index (χ1n) is 5.32. The van der Waals surface area contributed by atoms with Crippen LogP contribution in [0.2, 0.25) is 0 Å². The second-order valence-electron chi connectivity index (χ2n) is 4.03. The smallest absolute Gasteiger partial charge is 0.164 e. The van der Waals surface area contributed by atoms with E-state index in [1.807, 2.05) is 27.0 Å². The van der Waals surface area contributed by atoms with Crippen molar-refractivity contribution in [3.63, 3.8) is 0 Å². The van der Waals surface area contributed by atoms with E-state index in [4.69, 9.17) is 0 Å². The summed E-state index contributed by atoms with van der Waals surface area (Å²) in [5, 5.41) is 2.99. The zero-order chi connectivity index (χ0) is 11.4. The van der Waals surface area contributed by atoms with Gasteiger partial charge in [-0.05, 0) is 50.6 Å². The molecule has 0 radical (unpaired) electrons. The van der Waals surface area contributed by atoms with E-state index in [-0.39, 0.29) is 5.78 Å². The first-order valence-corrected chi connectivity index (χ1v) is 5.32. The van der Waals surface area contributed by atoms with Gasteiger partial charge in [-0.25, -0.2) is 0 Å². The van der Waals surface area contributed by atoms with E-state index in [1.54, 1.807) is 0 Å². The zero-order valence-electron chi connectivity index (χ0n) is 9.98. The van der Waals surface area contributed by atoms with Crippen molar-refractivity contribution in [3.05, 3.63) is 34.4 Å². The summed E-state index contributed by atoms with van der Waals surface area (Å²) in [5.41, 5.74) is 4.39. The lowest BCUT2D eigenvalue weighted by Crippen LogP contribution is -2.14. The molecule has 1 aromatic rings. The molecule has 1 rings (SSSR count). The number of rotatable bonds is 4. The fourth-order valence-corrected chi connectivity index (χ4v) is 1.63. The lowest BCUT2D eigenvalue weighted by atomic mass is 9.97. The van der Waals surface area contributed by atoms with Crippen LogP contribution < -0.4 is 5.32 Å². The highest BCUT2D eigenvalue weighted by molar-refractivity contribution is 5.97. The first kappa shape index (κ1) is 11.9. The number of aryl methyl sites for hydroxylation is 3. The summed E-state index contributed by atoms with van der Waals surface area (Å²) < 4.78 is 0. The zero-order valence-corrected chi connectivity index (χ0v) is 9.98. The van der Waals surface area contributed by atoms with Crippen molar-refractivity contribution >= 4 is 5.78 Å². The number of hydrogen-bond acceptors (Lipinski definition) is 2. The second kappa shape index (κ2) is 5.08. The first-order chi connectivity index (χ1) is 7.06. The number of ketones is 1. The van der Waals surface area contributed by atoms with Crippen molar-refractivity contribution in [2.45, 2.75) is 27.2 Å². The van der Waals surface area contributed by atoms with Crippen LogP contribution in [-0.4, -0.2) is 19.4 Å².